The van der Waals surface area contributed by atoms with Crippen LogP contribution >= 0.6 is 0 Å². The molecular formula is C22H21FN4O2. The second-order valence-electron chi connectivity index (χ2n) is 7.10. The maximum Gasteiger partial charge on any atom is 0.258 e. The normalized spacial score (nSPS) is 13.0. The van der Waals surface area contributed by atoms with Gasteiger partial charge < -0.3 is 10.6 Å². The molecule has 2 heterocycles. The van der Waals surface area contributed by atoms with Gasteiger partial charge in [0.25, 0.3) is 5.91 Å². The van der Waals surface area contributed by atoms with Gasteiger partial charge in [-0.05, 0) is 55.2 Å². The van der Waals surface area contributed by atoms with E-state index in [1.165, 1.54) is 12.1 Å². The molecule has 0 saturated carbocycles. The zero-order valence-corrected chi connectivity index (χ0v) is 16.3. The van der Waals surface area contributed by atoms with Crippen molar-refractivity contribution in [2.45, 2.75) is 33.1 Å². The maximum atomic E-state index is 14.5. The van der Waals surface area contributed by atoms with Crippen molar-refractivity contribution in [1.82, 2.24) is 9.78 Å². The van der Waals surface area contributed by atoms with Crippen molar-refractivity contribution < 1.29 is 14.0 Å². The van der Waals surface area contributed by atoms with Crippen molar-refractivity contribution in [3.8, 4) is 5.69 Å². The maximum absolute atomic E-state index is 14.5. The van der Waals surface area contributed by atoms with Crippen LogP contribution in [0.2, 0.25) is 0 Å². The van der Waals surface area contributed by atoms with Gasteiger partial charge in [0, 0.05) is 12.1 Å². The van der Waals surface area contributed by atoms with Gasteiger partial charge in [-0.1, -0.05) is 19.1 Å². The van der Waals surface area contributed by atoms with E-state index < -0.39 is 11.7 Å². The minimum atomic E-state index is -0.674. The molecule has 7 heteroatoms. The Kier molecular flexibility index (Phi) is 4.88. The zero-order valence-electron chi connectivity index (χ0n) is 16.3. The number of nitrogens with zero attached hydrogens (tertiary/aromatic N) is 2. The molecule has 0 radical (unpaired) electrons. The number of aromatic nitrogens is 2. The van der Waals surface area contributed by atoms with Gasteiger partial charge in [-0.25, -0.2) is 9.07 Å². The first kappa shape index (κ1) is 18.9. The molecule has 6 nitrogen and oxygen atoms in total. The molecule has 1 aromatic heterocycles. The zero-order chi connectivity index (χ0) is 20.5. The van der Waals surface area contributed by atoms with E-state index in [2.05, 4.69) is 15.7 Å². The van der Waals surface area contributed by atoms with Gasteiger partial charge in [0.15, 0.2) is 0 Å². The largest absolute Gasteiger partial charge is 0.326 e. The van der Waals surface area contributed by atoms with E-state index >= 15 is 0 Å². The van der Waals surface area contributed by atoms with Crippen LogP contribution in [0.1, 0.15) is 40.5 Å². The summed E-state index contributed by atoms with van der Waals surface area (Å²) in [5, 5.41) is 9.83. The third-order valence-electron chi connectivity index (χ3n) is 5.03. The molecule has 1 aliphatic heterocycles. The number of hydrogen-bond donors (Lipinski definition) is 2. The highest BCUT2D eigenvalue weighted by Gasteiger charge is 2.22. The summed E-state index contributed by atoms with van der Waals surface area (Å²) in [6.45, 7) is 3.98. The summed E-state index contributed by atoms with van der Waals surface area (Å²) >= 11 is 0. The number of benzene rings is 2. The van der Waals surface area contributed by atoms with Gasteiger partial charge in [-0.15, -0.1) is 0 Å². The lowest BCUT2D eigenvalue weighted by Gasteiger charge is -2.18. The Morgan fingerprint density at radius 1 is 1.28 bits per heavy atom. The molecule has 0 aliphatic carbocycles. The van der Waals surface area contributed by atoms with Gasteiger partial charge in [-0.3, -0.25) is 9.59 Å². The van der Waals surface area contributed by atoms with E-state index in [-0.39, 0.29) is 11.5 Å². The van der Waals surface area contributed by atoms with E-state index in [1.54, 1.807) is 10.9 Å². The Hall–Kier alpha value is -3.48. The van der Waals surface area contributed by atoms with Gasteiger partial charge in [-0.2, -0.15) is 5.10 Å². The molecule has 29 heavy (non-hydrogen) atoms. The van der Waals surface area contributed by atoms with Gasteiger partial charge >= 0.3 is 0 Å². The van der Waals surface area contributed by atoms with Crippen LogP contribution in [0.4, 0.5) is 15.8 Å². The summed E-state index contributed by atoms with van der Waals surface area (Å²) in [4.78, 5) is 24.3. The van der Waals surface area contributed by atoms with Crippen molar-refractivity contribution in [2.24, 2.45) is 0 Å². The van der Waals surface area contributed by atoms with Crippen LogP contribution in [0.5, 0.6) is 0 Å². The van der Waals surface area contributed by atoms with Gasteiger partial charge in [0.05, 0.1) is 28.8 Å². The number of aryl methyl sites for hydroxylation is 2. The predicted octanol–water partition coefficient (Wildman–Crippen LogP) is 4.02. The lowest BCUT2D eigenvalue weighted by Crippen LogP contribution is -2.21. The Labute approximate surface area is 167 Å². The van der Waals surface area contributed by atoms with Crippen LogP contribution < -0.4 is 10.6 Å². The van der Waals surface area contributed by atoms with Crippen LogP contribution in [-0.2, 0) is 17.6 Å². The molecule has 4 rings (SSSR count). The van der Waals surface area contributed by atoms with Crippen molar-refractivity contribution in [2.75, 3.05) is 10.6 Å². The van der Waals surface area contributed by atoms with Crippen LogP contribution in [0.15, 0.2) is 42.6 Å². The highest BCUT2D eigenvalue weighted by atomic mass is 19.1. The third-order valence-corrected chi connectivity index (χ3v) is 5.03. The number of carbonyl (C=O) groups is 2. The summed E-state index contributed by atoms with van der Waals surface area (Å²) in [6.07, 6.45) is 3.02. The quantitative estimate of drug-likeness (QED) is 0.704. The van der Waals surface area contributed by atoms with Gasteiger partial charge in [0.2, 0.25) is 5.91 Å². The van der Waals surface area contributed by atoms with E-state index in [9.17, 15) is 14.0 Å². The van der Waals surface area contributed by atoms with E-state index in [0.29, 0.717) is 30.6 Å². The highest BCUT2D eigenvalue weighted by molar-refractivity contribution is 6.05. The number of nitrogens with one attached hydrogen (secondary N) is 2. The fourth-order valence-corrected chi connectivity index (χ4v) is 3.57. The van der Waals surface area contributed by atoms with Crippen molar-refractivity contribution >= 4 is 23.2 Å². The topological polar surface area (TPSA) is 76.0 Å². The van der Waals surface area contributed by atoms with E-state index in [1.807, 2.05) is 38.1 Å². The fraction of sp³-hybridized carbons (Fsp3) is 0.227. The SMILES string of the molecule is CCc1c(NC(=O)c2cc3c(cc2F)NC(=O)CC3)cnn1-c1cccc(C)c1. The van der Waals surface area contributed by atoms with Crippen molar-refractivity contribution in [3.63, 3.8) is 0 Å². The van der Waals surface area contributed by atoms with Crippen molar-refractivity contribution in [3.05, 3.63) is 70.8 Å². The standard InChI is InChI=1S/C22H21FN4O2/c1-3-20-19(12-24-27(20)15-6-4-5-13(2)9-15)26-22(29)16-10-14-7-8-21(28)25-18(14)11-17(16)23/h4-6,9-12H,3,7-8H2,1-2H3,(H,25,28)(H,26,29). The Morgan fingerprint density at radius 3 is 2.86 bits per heavy atom. The Morgan fingerprint density at radius 2 is 2.10 bits per heavy atom. The molecule has 3 aromatic rings. The third kappa shape index (κ3) is 3.63. The number of carbonyl (C=O) groups excluding carboxylic acids is 2. The highest BCUT2D eigenvalue weighted by Crippen LogP contribution is 2.27. The number of rotatable bonds is 4. The van der Waals surface area contributed by atoms with Crippen LogP contribution in [0.25, 0.3) is 5.69 Å². The fourth-order valence-electron chi connectivity index (χ4n) is 3.57. The first-order chi connectivity index (χ1) is 14.0. The Balaban J connectivity index is 1.63. The summed E-state index contributed by atoms with van der Waals surface area (Å²) in [5.74, 6) is -1.36. The minimum absolute atomic E-state index is 0.0507. The molecular weight excluding hydrogens is 371 g/mol. The second-order valence-corrected chi connectivity index (χ2v) is 7.10. The molecule has 0 saturated heterocycles. The summed E-state index contributed by atoms with van der Waals surface area (Å²) in [7, 11) is 0. The smallest absolute Gasteiger partial charge is 0.258 e. The summed E-state index contributed by atoms with van der Waals surface area (Å²) in [6, 6.07) is 10.6. The second kappa shape index (κ2) is 7.50. The first-order valence-corrected chi connectivity index (χ1v) is 9.54. The molecule has 0 unspecified atom stereocenters. The molecule has 0 spiro atoms. The molecule has 0 fully saturated rings. The lowest BCUT2D eigenvalue weighted by atomic mass is 9.99. The van der Waals surface area contributed by atoms with Gasteiger partial charge in [0.1, 0.15) is 5.82 Å². The molecule has 0 bridgehead atoms. The van der Waals surface area contributed by atoms with Crippen molar-refractivity contribution in [1.29, 1.82) is 0 Å². The average Bonchev–Trinajstić information content (AvgIpc) is 3.09. The molecule has 2 amide bonds. The molecule has 2 aromatic carbocycles. The monoisotopic (exact) mass is 392 g/mol. The summed E-state index contributed by atoms with van der Waals surface area (Å²) < 4.78 is 16.3. The molecule has 1 aliphatic rings. The average molecular weight is 392 g/mol. The van der Waals surface area contributed by atoms with E-state index in [0.717, 1.165) is 22.5 Å². The molecule has 148 valence electrons. The number of fused-ring (bicyclic) bond motifs is 1. The van der Waals surface area contributed by atoms with E-state index in [4.69, 9.17) is 0 Å². The number of anilines is 2. The first-order valence-electron chi connectivity index (χ1n) is 9.54. The molecule has 0 atom stereocenters. The molecule has 2 N–H and O–H groups in total. The summed E-state index contributed by atoms with van der Waals surface area (Å²) in [5.41, 5.74) is 4.51. The Bertz CT molecular complexity index is 1120. The number of hydrogen-bond acceptors (Lipinski definition) is 3. The number of halogens is 1. The predicted molar refractivity (Wildman–Crippen MR) is 109 cm³/mol. The van der Waals surface area contributed by atoms with Crippen LogP contribution in [0, 0.1) is 12.7 Å². The van der Waals surface area contributed by atoms with Crippen LogP contribution in [0.3, 0.4) is 0 Å². The lowest BCUT2D eigenvalue weighted by molar-refractivity contribution is -0.116. The number of amides is 2. The van der Waals surface area contributed by atoms with Crippen LogP contribution in [-0.4, -0.2) is 21.6 Å². The minimum Gasteiger partial charge on any atom is -0.326 e.